The van der Waals surface area contributed by atoms with Gasteiger partial charge in [-0.15, -0.1) is 11.3 Å². The lowest BCUT2D eigenvalue weighted by atomic mass is 10.3. The predicted molar refractivity (Wildman–Crippen MR) is 70.4 cm³/mol. The van der Waals surface area contributed by atoms with Crippen molar-refractivity contribution in [2.75, 3.05) is 5.32 Å². The number of nitrogens with one attached hydrogen (secondary N) is 1. The maximum absolute atomic E-state index is 6.00. The Labute approximate surface area is 104 Å². The molecule has 0 amide bonds. The number of pyridine rings is 1. The largest absolute Gasteiger partial charge is 0.378 e. The third-order valence-corrected chi connectivity index (χ3v) is 3.53. The average Bonchev–Trinajstić information content (AvgIpc) is 2.66. The van der Waals surface area contributed by atoms with Crippen molar-refractivity contribution >= 4 is 28.6 Å². The van der Waals surface area contributed by atoms with Crippen LogP contribution in [0.4, 0.5) is 5.69 Å². The Kier molecular flexibility index (Phi) is 3.46. The van der Waals surface area contributed by atoms with Crippen molar-refractivity contribution in [2.45, 2.75) is 20.4 Å². The van der Waals surface area contributed by atoms with Crippen LogP contribution >= 0.6 is 22.9 Å². The maximum Gasteiger partial charge on any atom is 0.152 e. The Morgan fingerprint density at radius 2 is 2.19 bits per heavy atom. The molecule has 0 aromatic carbocycles. The number of aromatic nitrogens is 1. The van der Waals surface area contributed by atoms with Crippen molar-refractivity contribution in [3.63, 3.8) is 0 Å². The molecule has 0 aliphatic rings. The Bertz CT molecular complexity index is 494. The van der Waals surface area contributed by atoms with Crippen LogP contribution in [0.5, 0.6) is 0 Å². The number of aryl methyl sites for hydroxylation is 2. The first-order valence-electron chi connectivity index (χ1n) is 5.06. The molecule has 0 atom stereocenters. The molecule has 0 saturated carbocycles. The third-order valence-electron chi connectivity index (χ3n) is 2.22. The highest BCUT2D eigenvalue weighted by Gasteiger charge is 2.02. The van der Waals surface area contributed by atoms with Gasteiger partial charge in [0, 0.05) is 22.5 Å². The van der Waals surface area contributed by atoms with Crippen LogP contribution in [-0.4, -0.2) is 4.98 Å². The second-order valence-corrected chi connectivity index (χ2v) is 5.45. The molecule has 2 nitrogen and oxygen atoms in total. The zero-order valence-corrected chi connectivity index (χ0v) is 10.8. The molecule has 0 spiro atoms. The lowest BCUT2D eigenvalue weighted by molar-refractivity contribution is 1.16. The Hall–Kier alpha value is -1.06. The van der Waals surface area contributed by atoms with Gasteiger partial charge in [0.05, 0.1) is 5.69 Å². The molecule has 2 aromatic heterocycles. The highest BCUT2D eigenvalue weighted by molar-refractivity contribution is 7.11. The van der Waals surface area contributed by atoms with E-state index in [4.69, 9.17) is 11.6 Å². The van der Waals surface area contributed by atoms with Gasteiger partial charge in [0.1, 0.15) is 0 Å². The van der Waals surface area contributed by atoms with Gasteiger partial charge in [-0.3, -0.25) is 0 Å². The zero-order chi connectivity index (χ0) is 11.5. The molecule has 16 heavy (non-hydrogen) atoms. The highest BCUT2D eigenvalue weighted by atomic mass is 35.5. The van der Waals surface area contributed by atoms with E-state index in [-0.39, 0.29) is 0 Å². The Balaban J connectivity index is 2.07. The van der Waals surface area contributed by atoms with Crippen molar-refractivity contribution in [2.24, 2.45) is 0 Å². The molecule has 0 aliphatic heterocycles. The molecule has 1 N–H and O–H groups in total. The van der Waals surface area contributed by atoms with Crippen molar-refractivity contribution < 1.29 is 0 Å². The number of hydrogen-bond donors (Lipinski definition) is 1. The first kappa shape index (κ1) is 11.4. The smallest absolute Gasteiger partial charge is 0.152 e. The first-order valence-corrected chi connectivity index (χ1v) is 6.26. The second kappa shape index (κ2) is 4.85. The lowest BCUT2D eigenvalue weighted by Gasteiger charge is -2.07. The fourth-order valence-electron chi connectivity index (χ4n) is 1.44. The van der Waals surface area contributed by atoms with E-state index < -0.39 is 0 Å². The minimum absolute atomic E-state index is 0.527. The molecular weight excluding hydrogens is 240 g/mol. The molecule has 4 heteroatoms. The van der Waals surface area contributed by atoms with Crippen LogP contribution in [-0.2, 0) is 6.54 Å². The summed E-state index contributed by atoms with van der Waals surface area (Å²) in [7, 11) is 0. The molecular formula is C12H13ClN2S. The van der Waals surface area contributed by atoms with Crippen LogP contribution in [0.15, 0.2) is 24.4 Å². The van der Waals surface area contributed by atoms with Crippen LogP contribution in [0.1, 0.15) is 15.3 Å². The van der Waals surface area contributed by atoms with E-state index in [0.717, 1.165) is 17.8 Å². The zero-order valence-electron chi connectivity index (χ0n) is 9.25. The fraction of sp³-hybridized carbons (Fsp3) is 0.250. The van der Waals surface area contributed by atoms with Crippen LogP contribution < -0.4 is 5.32 Å². The van der Waals surface area contributed by atoms with Crippen LogP contribution in [0.25, 0.3) is 0 Å². The minimum Gasteiger partial charge on any atom is -0.378 e. The summed E-state index contributed by atoms with van der Waals surface area (Å²) in [5.74, 6) is 0. The molecule has 0 aliphatic carbocycles. The van der Waals surface area contributed by atoms with Gasteiger partial charge in [-0.05, 0) is 37.6 Å². The summed E-state index contributed by atoms with van der Waals surface area (Å²) in [6.45, 7) is 4.91. The summed E-state index contributed by atoms with van der Waals surface area (Å²) in [6, 6.07) is 6.26. The molecule has 84 valence electrons. The molecule has 0 bridgehead atoms. The molecule has 2 aromatic rings. The van der Waals surface area contributed by atoms with Gasteiger partial charge in [0.2, 0.25) is 0 Å². The monoisotopic (exact) mass is 252 g/mol. The van der Waals surface area contributed by atoms with Gasteiger partial charge in [-0.2, -0.15) is 0 Å². The Morgan fingerprint density at radius 3 is 2.88 bits per heavy atom. The second-order valence-electron chi connectivity index (χ2n) is 3.72. The van der Waals surface area contributed by atoms with Gasteiger partial charge in [-0.1, -0.05) is 11.6 Å². The normalized spacial score (nSPS) is 10.4. The predicted octanol–water partition coefficient (Wildman–Crippen LogP) is 4.03. The number of anilines is 1. The number of rotatable bonds is 3. The fourth-order valence-corrected chi connectivity index (χ4v) is 2.44. The topological polar surface area (TPSA) is 24.9 Å². The van der Waals surface area contributed by atoms with Gasteiger partial charge in [0.25, 0.3) is 0 Å². The molecule has 0 saturated heterocycles. The average molecular weight is 253 g/mol. The van der Waals surface area contributed by atoms with Crippen molar-refractivity contribution in [3.8, 4) is 0 Å². The van der Waals surface area contributed by atoms with E-state index in [1.54, 1.807) is 17.5 Å². The molecule has 2 rings (SSSR count). The summed E-state index contributed by atoms with van der Waals surface area (Å²) in [6.07, 6.45) is 1.77. The first-order chi connectivity index (χ1) is 7.65. The summed E-state index contributed by atoms with van der Waals surface area (Å²) in [5, 5.41) is 3.83. The van der Waals surface area contributed by atoms with Crippen molar-refractivity contribution in [3.05, 3.63) is 44.9 Å². The number of thiophene rings is 1. The quantitative estimate of drug-likeness (QED) is 0.835. The summed E-state index contributed by atoms with van der Waals surface area (Å²) in [5.41, 5.74) is 2.00. The summed E-state index contributed by atoms with van der Waals surface area (Å²) in [4.78, 5) is 6.73. The van der Waals surface area contributed by atoms with Gasteiger partial charge in [0.15, 0.2) is 5.15 Å². The van der Waals surface area contributed by atoms with Crippen LogP contribution in [0, 0.1) is 13.8 Å². The molecule has 2 heterocycles. The van der Waals surface area contributed by atoms with E-state index >= 15 is 0 Å². The van der Waals surface area contributed by atoms with E-state index in [0.29, 0.717) is 5.15 Å². The minimum atomic E-state index is 0.527. The molecule has 0 unspecified atom stereocenters. The molecule has 0 fully saturated rings. The van der Waals surface area contributed by atoms with E-state index in [1.807, 2.05) is 13.0 Å². The maximum atomic E-state index is 6.00. The van der Waals surface area contributed by atoms with E-state index in [2.05, 4.69) is 29.4 Å². The van der Waals surface area contributed by atoms with Crippen molar-refractivity contribution in [1.29, 1.82) is 0 Å². The van der Waals surface area contributed by atoms with Gasteiger partial charge in [-0.25, -0.2) is 4.98 Å². The van der Waals surface area contributed by atoms with Crippen LogP contribution in [0.3, 0.4) is 0 Å². The van der Waals surface area contributed by atoms with E-state index in [9.17, 15) is 0 Å². The lowest BCUT2D eigenvalue weighted by Crippen LogP contribution is -1.99. The molecule has 0 radical (unpaired) electrons. The summed E-state index contributed by atoms with van der Waals surface area (Å²) >= 11 is 7.79. The van der Waals surface area contributed by atoms with Gasteiger partial charge < -0.3 is 5.32 Å². The van der Waals surface area contributed by atoms with Gasteiger partial charge >= 0.3 is 0 Å². The number of hydrogen-bond acceptors (Lipinski definition) is 3. The highest BCUT2D eigenvalue weighted by Crippen LogP contribution is 2.22. The third kappa shape index (κ3) is 2.74. The van der Waals surface area contributed by atoms with E-state index in [1.165, 1.54) is 9.75 Å². The Morgan fingerprint density at radius 1 is 1.38 bits per heavy atom. The standard InChI is InChI=1S/C12H13ClN2S/c1-8-5-11(12(13)15-6-8)14-7-10-4-3-9(2)16-10/h3-6,14H,7H2,1-2H3. The number of halogens is 1. The number of nitrogens with zero attached hydrogens (tertiary/aromatic N) is 1. The van der Waals surface area contributed by atoms with Crippen LogP contribution in [0.2, 0.25) is 5.15 Å². The summed E-state index contributed by atoms with van der Waals surface area (Å²) < 4.78 is 0. The van der Waals surface area contributed by atoms with Crippen molar-refractivity contribution in [1.82, 2.24) is 4.98 Å². The SMILES string of the molecule is Cc1cnc(Cl)c(NCc2ccc(C)s2)c1.